The fraction of sp³-hybridized carbons (Fsp3) is 0.737. The number of hydrogen-bond donors (Lipinski definition) is 1. The molecule has 0 aromatic carbocycles. The molecule has 0 spiro atoms. The number of nitrogens with zero attached hydrogens (tertiary/aromatic N) is 3. The summed E-state index contributed by atoms with van der Waals surface area (Å²) in [7, 11) is 1.61. The molecule has 0 saturated carbocycles. The minimum atomic E-state index is 0.0204. The number of ether oxygens (including phenoxy) is 1. The highest BCUT2D eigenvalue weighted by Gasteiger charge is 2.28. The van der Waals surface area contributed by atoms with Gasteiger partial charge in [0.1, 0.15) is 5.82 Å². The van der Waals surface area contributed by atoms with Crippen molar-refractivity contribution >= 4 is 5.91 Å². The van der Waals surface area contributed by atoms with Crippen LogP contribution in [0, 0.1) is 0 Å². The molecule has 1 saturated heterocycles. The number of hydrogen-bond acceptors (Lipinski definition) is 5. The van der Waals surface area contributed by atoms with Gasteiger partial charge in [-0.2, -0.15) is 0 Å². The maximum Gasteiger partial charge on any atom is 0.254 e. The zero-order valence-electron chi connectivity index (χ0n) is 16.1. The fourth-order valence-electron chi connectivity index (χ4n) is 3.86. The van der Waals surface area contributed by atoms with Crippen LogP contribution in [-0.4, -0.2) is 65.1 Å². The number of nitrogens with one attached hydrogen (secondary N) is 1. The molecule has 26 heavy (non-hydrogen) atoms. The van der Waals surface area contributed by atoms with E-state index in [2.05, 4.69) is 23.7 Å². The number of amides is 1. The van der Waals surface area contributed by atoms with E-state index in [9.17, 15) is 9.59 Å². The van der Waals surface area contributed by atoms with Gasteiger partial charge in [-0.3, -0.25) is 14.5 Å². The summed E-state index contributed by atoms with van der Waals surface area (Å²) in [5.74, 6) is 1.15. The topological polar surface area (TPSA) is 78.5 Å². The van der Waals surface area contributed by atoms with Gasteiger partial charge in [0.15, 0.2) is 0 Å². The quantitative estimate of drug-likeness (QED) is 0.854. The molecule has 3 rings (SSSR count). The number of aromatic amines is 1. The van der Waals surface area contributed by atoms with Gasteiger partial charge in [0.25, 0.3) is 5.56 Å². The van der Waals surface area contributed by atoms with Gasteiger partial charge in [-0.25, -0.2) is 4.98 Å². The van der Waals surface area contributed by atoms with E-state index < -0.39 is 0 Å². The molecule has 144 valence electrons. The number of carbonyl (C=O) groups is 1. The van der Waals surface area contributed by atoms with Crippen LogP contribution >= 0.6 is 0 Å². The van der Waals surface area contributed by atoms with Crippen LogP contribution in [0.5, 0.6) is 0 Å². The van der Waals surface area contributed by atoms with Gasteiger partial charge in [0, 0.05) is 50.8 Å². The van der Waals surface area contributed by atoms with E-state index in [1.165, 1.54) is 0 Å². The number of H-pyrrole nitrogens is 1. The maximum atomic E-state index is 12.5. The molecule has 0 atom stereocenters. The van der Waals surface area contributed by atoms with E-state index in [-0.39, 0.29) is 17.4 Å². The Morgan fingerprint density at radius 1 is 1.31 bits per heavy atom. The second kappa shape index (κ2) is 8.31. The van der Waals surface area contributed by atoms with Crippen LogP contribution < -0.4 is 5.56 Å². The van der Waals surface area contributed by atoms with Crippen molar-refractivity contribution in [1.82, 2.24) is 19.8 Å². The first-order chi connectivity index (χ1) is 12.5. The average molecular weight is 362 g/mol. The summed E-state index contributed by atoms with van der Waals surface area (Å²) in [5.41, 5.74) is 1.80. The highest BCUT2D eigenvalue weighted by Crippen LogP contribution is 2.26. The van der Waals surface area contributed by atoms with E-state index in [1.54, 1.807) is 7.11 Å². The van der Waals surface area contributed by atoms with Crippen LogP contribution in [0.25, 0.3) is 0 Å². The molecule has 3 heterocycles. The summed E-state index contributed by atoms with van der Waals surface area (Å²) >= 11 is 0. The summed E-state index contributed by atoms with van der Waals surface area (Å²) in [6.45, 7) is 7.91. The molecule has 0 radical (unpaired) electrons. The Balaban J connectivity index is 1.68. The lowest BCUT2D eigenvalue weighted by Gasteiger charge is -2.33. The molecule has 1 fully saturated rings. The smallest absolute Gasteiger partial charge is 0.254 e. The summed E-state index contributed by atoms with van der Waals surface area (Å²) in [6.07, 6.45) is 2.88. The van der Waals surface area contributed by atoms with Gasteiger partial charge < -0.3 is 14.6 Å². The number of carbonyl (C=O) groups excluding carboxylic acids is 1. The van der Waals surface area contributed by atoms with E-state index in [0.29, 0.717) is 32.2 Å². The SMILES string of the molecule is COCCC(=O)N1CCC(c2nc3c(c(=O)[nH]2)CCN(C(C)C)C3)CC1. The van der Waals surface area contributed by atoms with Crippen LogP contribution in [0.4, 0.5) is 0 Å². The van der Waals surface area contributed by atoms with Crippen LogP contribution in [0.1, 0.15) is 56.1 Å². The first kappa shape index (κ1) is 19.0. The molecule has 7 heteroatoms. The second-order valence-corrected chi connectivity index (χ2v) is 7.59. The summed E-state index contributed by atoms with van der Waals surface area (Å²) in [5, 5.41) is 0. The maximum absolute atomic E-state index is 12.5. The van der Waals surface area contributed by atoms with Gasteiger partial charge >= 0.3 is 0 Å². The molecule has 1 N–H and O–H groups in total. The third-order valence-electron chi connectivity index (χ3n) is 5.61. The predicted octanol–water partition coefficient (Wildman–Crippen LogP) is 1.28. The molecule has 1 aromatic rings. The summed E-state index contributed by atoms with van der Waals surface area (Å²) in [6, 6.07) is 0.453. The van der Waals surface area contributed by atoms with Crippen molar-refractivity contribution in [2.75, 3.05) is 33.4 Å². The Bertz CT molecular complexity index is 693. The number of fused-ring (bicyclic) bond motifs is 1. The molecule has 2 aliphatic rings. The molecule has 0 bridgehead atoms. The highest BCUT2D eigenvalue weighted by atomic mass is 16.5. The lowest BCUT2D eigenvalue weighted by Crippen LogP contribution is -2.41. The zero-order chi connectivity index (χ0) is 18.7. The number of aromatic nitrogens is 2. The Labute approximate surface area is 154 Å². The fourth-order valence-corrected chi connectivity index (χ4v) is 3.86. The number of likely N-dealkylation sites (tertiary alicyclic amines) is 1. The molecular weight excluding hydrogens is 332 g/mol. The van der Waals surface area contributed by atoms with Crippen molar-refractivity contribution < 1.29 is 9.53 Å². The molecule has 7 nitrogen and oxygen atoms in total. The second-order valence-electron chi connectivity index (χ2n) is 7.59. The van der Waals surface area contributed by atoms with E-state index in [4.69, 9.17) is 9.72 Å². The van der Waals surface area contributed by atoms with Crippen LogP contribution in [0.3, 0.4) is 0 Å². The molecule has 1 amide bonds. The highest BCUT2D eigenvalue weighted by molar-refractivity contribution is 5.76. The van der Waals surface area contributed by atoms with E-state index in [1.807, 2.05) is 4.90 Å². The van der Waals surface area contributed by atoms with Crippen LogP contribution in [0.2, 0.25) is 0 Å². The Hall–Kier alpha value is -1.73. The first-order valence-electron chi connectivity index (χ1n) is 9.62. The largest absolute Gasteiger partial charge is 0.384 e. The van der Waals surface area contributed by atoms with Gasteiger partial charge in [0.2, 0.25) is 5.91 Å². The standard InChI is InChI=1S/C19H30N4O3/c1-13(2)23-10-6-15-16(12-23)20-18(21-19(15)25)14-4-8-22(9-5-14)17(24)7-11-26-3/h13-14H,4-12H2,1-3H3,(H,20,21,25). The van der Waals surface area contributed by atoms with Gasteiger partial charge in [0.05, 0.1) is 18.7 Å². The summed E-state index contributed by atoms with van der Waals surface area (Å²) < 4.78 is 4.98. The van der Waals surface area contributed by atoms with Crippen molar-refractivity contribution in [2.45, 2.75) is 58.0 Å². The Kier molecular flexibility index (Phi) is 6.09. The number of methoxy groups -OCH3 is 1. The average Bonchev–Trinajstić information content (AvgIpc) is 2.65. The Morgan fingerprint density at radius 2 is 2.04 bits per heavy atom. The van der Waals surface area contributed by atoms with E-state index in [0.717, 1.165) is 49.4 Å². The lowest BCUT2D eigenvalue weighted by atomic mass is 9.95. The van der Waals surface area contributed by atoms with E-state index >= 15 is 0 Å². The van der Waals surface area contributed by atoms with Crippen molar-refractivity contribution in [3.63, 3.8) is 0 Å². The van der Waals surface area contributed by atoms with Gasteiger partial charge in [-0.15, -0.1) is 0 Å². The third-order valence-corrected chi connectivity index (χ3v) is 5.61. The molecular formula is C19H30N4O3. The minimum Gasteiger partial charge on any atom is -0.384 e. The minimum absolute atomic E-state index is 0.0204. The van der Waals surface area contributed by atoms with Crippen LogP contribution in [-0.2, 0) is 22.5 Å². The third kappa shape index (κ3) is 4.15. The predicted molar refractivity (Wildman–Crippen MR) is 99.2 cm³/mol. The first-order valence-corrected chi connectivity index (χ1v) is 9.62. The van der Waals surface area contributed by atoms with Crippen molar-refractivity contribution in [3.8, 4) is 0 Å². The van der Waals surface area contributed by atoms with Crippen molar-refractivity contribution in [3.05, 3.63) is 27.4 Å². The zero-order valence-corrected chi connectivity index (χ0v) is 16.1. The van der Waals surface area contributed by atoms with Gasteiger partial charge in [-0.1, -0.05) is 0 Å². The van der Waals surface area contributed by atoms with Crippen molar-refractivity contribution in [2.24, 2.45) is 0 Å². The van der Waals surface area contributed by atoms with Crippen molar-refractivity contribution in [1.29, 1.82) is 0 Å². The Morgan fingerprint density at radius 3 is 2.69 bits per heavy atom. The monoisotopic (exact) mass is 362 g/mol. The lowest BCUT2D eigenvalue weighted by molar-refractivity contribution is -0.133. The number of rotatable bonds is 5. The van der Waals surface area contributed by atoms with Crippen LogP contribution in [0.15, 0.2) is 4.79 Å². The molecule has 2 aliphatic heterocycles. The van der Waals surface area contributed by atoms with Gasteiger partial charge in [-0.05, 0) is 33.1 Å². The molecule has 0 unspecified atom stereocenters. The normalized spacial score (nSPS) is 19.0. The summed E-state index contributed by atoms with van der Waals surface area (Å²) in [4.78, 5) is 36.7. The molecule has 0 aliphatic carbocycles. The molecule has 1 aromatic heterocycles. The number of piperidine rings is 1.